The van der Waals surface area contributed by atoms with Gasteiger partial charge in [0.2, 0.25) is 0 Å². The molecule has 0 aliphatic rings. The van der Waals surface area contributed by atoms with E-state index in [4.69, 9.17) is 21.1 Å². The Hall–Kier alpha value is -1.95. The van der Waals surface area contributed by atoms with Crippen molar-refractivity contribution in [1.29, 1.82) is 0 Å². The van der Waals surface area contributed by atoms with E-state index in [2.05, 4.69) is 10.6 Å². The lowest BCUT2D eigenvalue weighted by atomic mass is 9.99. The molecule has 6 nitrogen and oxygen atoms in total. The Labute approximate surface area is 135 Å². The van der Waals surface area contributed by atoms with Crippen molar-refractivity contribution in [3.63, 3.8) is 0 Å². The second-order valence-electron chi connectivity index (χ2n) is 4.83. The number of methoxy groups -OCH3 is 2. The summed E-state index contributed by atoms with van der Waals surface area (Å²) in [5, 5.41) is 5.62. The van der Waals surface area contributed by atoms with Gasteiger partial charge in [0.25, 0.3) is 0 Å². The minimum atomic E-state index is -0.705. The average Bonchev–Trinajstić information content (AvgIpc) is 2.51. The zero-order chi connectivity index (χ0) is 16.7. The smallest absolute Gasteiger partial charge is 0.328 e. The van der Waals surface area contributed by atoms with Crippen LogP contribution < -0.4 is 15.4 Å². The zero-order valence-electron chi connectivity index (χ0n) is 13.1. The van der Waals surface area contributed by atoms with Crippen LogP contribution in [-0.2, 0) is 9.53 Å². The van der Waals surface area contributed by atoms with Crippen molar-refractivity contribution in [1.82, 2.24) is 5.32 Å². The quantitative estimate of drug-likeness (QED) is 0.787. The molecule has 0 heterocycles. The number of hydrogen-bond donors (Lipinski definition) is 2. The highest BCUT2D eigenvalue weighted by atomic mass is 35.5. The summed E-state index contributed by atoms with van der Waals surface area (Å²) < 4.78 is 9.76. The molecule has 0 aliphatic heterocycles. The Kier molecular flexibility index (Phi) is 6.98. The maximum absolute atomic E-state index is 12.0. The molecule has 0 aromatic heterocycles. The monoisotopic (exact) mass is 328 g/mol. The SMILES string of the molecule is CCC(C)C(NC(=O)Nc1ccc(OC)c(Cl)c1)C(=O)OC. The van der Waals surface area contributed by atoms with Crippen LogP contribution in [0.2, 0.25) is 5.02 Å². The number of carbonyl (C=O) groups is 2. The molecule has 0 radical (unpaired) electrons. The Balaban J connectivity index is 2.75. The normalized spacial score (nSPS) is 13.0. The molecule has 0 saturated heterocycles. The van der Waals surface area contributed by atoms with Crippen LogP contribution in [-0.4, -0.2) is 32.3 Å². The van der Waals surface area contributed by atoms with E-state index in [9.17, 15) is 9.59 Å². The largest absolute Gasteiger partial charge is 0.495 e. The van der Waals surface area contributed by atoms with Gasteiger partial charge in [-0.1, -0.05) is 31.9 Å². The summed E-state index contributed by atoms with van der Waals surface area (Å²) in [6, 6.07) is 3.65. The number of urea groups is 1. The third kappa shape index (κ3) is 4.80. The van der Waals surface area contributed by atoms with Crippen LogP contribution >= 0.6 is 11.6 Å². The fourth-order valence-electron chi connectivity index (χ4n) is 1.85. The molecule has 0 aliphatic carbocycles. The first-order valence-electron chi connectivity index (χ1n) is 6.91. The number of nitrogens with one attached hydrogen (secondary N) is 2. The highest BCUT2D eigenvalue weighted by Gasteiger charge is 2.26. The Morgan fingerprint density at radius 2 is 2.00 bits per heavy atom. The molecule has 7 heteroatoms. The van der Waals surface area contributed by atoms with Crippen LogP contribution in [0.15, 0.2) is 18.2 Å². The number of hydrogen-bond acceptors (Lipinski definition) is 4. The number of rotatable bonds is 6. The lowest BCUT2D eigenvalue weighted by molar-refractivity contribution is -0.144. The molecule has 0 bridgehead atoms. The van der Waals surface area contributed by atoms with E-state index in [1.807, 2.05) is 13.8 Å². The van der Waals surface area contributed by atoms with Gasteiger partial charge in [-0.15, -0.1) is 0 Å². The summed E-state index contributed by atoms with van der Waals surface area (Å²) in [4.78, 5) is 23.8. The molecule has 0 spiro atoms. The molecular formula is C15H21ClN2O4. The summed E-state index contributed by atoms with van der Waals surface area (Å²) in [6.45, 7) is 3.80. The van der Waals surface area contributed by atoms with Crippen molar-refractivity contribution >= 4 is 29.3 Å². The molecule has 2 N–H and O–H groups in total. The fourth-order valence-corrected chi connectivity index (χ4v) is 2.11. The summed E-state index contributed by atoms with van der Waals surface area (Å²) in [5.74, 6) is -0.00501. The summed E-state index contributed by atoms with van der Waals surface area (Å²) in [6.07, 6.45) is 0.731. The van der Waals surface area contributed by atoms with E-state index in [0.717, 1.165) is 6.42 Å². The van der Waals surface area contributed by atoms with Gasteiger partial charge in [0, 0.05) is 5.69 Å². The van der Waals surface area contributed by atoms with Gasteiger partial charge in [-0.05, 0) is 24.1 Å². The van der Waals surface area contributed by atoms with E-state index in [-0.39, 0.29) is 5.92 Å². The Bertz CT molecular complexity index is 536. The van der Waals surface area contributed by atoms with Gasteiger partial charge in [-0.25, -0.2) is 9.59 Å². The number of halogens is 1. The highest BCUT2D eigenvalue weighted by molar-refractivity contribution is 6.32. The fraction of sp³-hybridized carbons (Fsp3) is 0.467. The third-order valence-corrected chi connectivity index (χ3v) is 3.66. The van der Waals surface area contributed by atoms with Gasteiger partial charge >= 0.3 is 12.0 Å². The van der Waals surface area contributed by atoms with E-state index in [0.29, 0.717) is 16.5 Å². The molecule has 122 valence electrons. The lowest BCUT2D eigenvalue weighted by Crippen LogP contribution is -2.47. The third-order valence-electron chi connectivity index (χ3n) is 3.36. The van der Waals surface area contributed by atoms with Crippen molar-refractivity contribution in [2.45, 2.75) is 26.3 Å². The van der Waals surface area contributed by atoms with E-state index in [1.54, 1.807) is 18.2 Å². The number of benzene rings is 1. The number of ether oxygens (including phenoxy) is 2. The topological polar surface area (TPSA) is 76.7 Å². The van der Waals surface area contributed by atoms with Gasteiger partial charge in [0.1, 0.15) is 11.8 Å². The number of anilines is 1. The maximum Gasteiger partial charge on any atom is 0.328 e. The van der Waals surface area contributed by atoms with Crippen LogP contribution in [0.1, 0.15) is 20.3 Å². The highest BCUT2D eigenvalue weighted by Crippen LogP contribution is 2.27. The summed E-state index contributed by atoms with van der Waals surface area (Å²) >= 11 is 5.99. The first kappa shape index (κ1) is 18.1. The van der Waals surface area contributed by atoms with E-state index >= 15 is 0 Å². The molecular weight excluding hydrogens is 308 g/mol. The van der Waals surface area contributed by atoms with Crippen molar-refractivity contribution in [2.24, 2.45) is 5.92 Å². The van der Waals surface area contributed by atoms with Crippen molar-refractivity contribution in [3.05, 3.63) is 23.2 Å². The van der Waals surface area contributed by atoms with Gasteiger partial charge in [0.15, 0.2) is 0 Å². The molecule has 0 saturated carbocycles. The Morgan fingerprint density at radius 1 is 1.32 bits per heavy atom. The number of amides is 2. The van der Waals surface area contributed by atoms with Crippen molar-refractivity contribution in [3.8, 4) is 5.75 Å². The second-order valence-corrected chi connectivity index (χ2v) is 5.24. The molecule has 1 aromatic carbocycles. The van der Waals surface area contributed by atoms with E-state index < -0.39 is 18.0 Å². The van der Waals surface area contributed by atoms with Crippen LogP contribution in [0.5, 0.6) is 5.75 Å². The minimum absolute atomic E-state index is 0.0438. The first-order chi connectivity index (χ1) is 10.4. The molecule has 22 heavy (non-hydrogen) atoms. The standard InChI is InChI=1S/C15H21ClN2O4/c1-5-9(2)13(14(19)22-4)18-15(20)17-10-6-7-12(21-3)11(16)8-10/h6-9,13H,5H2,1-4H3,(H2,17,18,20). The lowest BCUT2D eigenvalue weighted by Gasteiger charge is -2.22. The minimum Gasteiger partial charge on any atom is -0.495 e. The maximum atomic E-state index is 12.0. The zero-order valence-corrected chi connectivity index (χ0v) is 13.9. The van der Waals surface area contributed by atoms with Crippen LogP contribution in [0.25, 0.3) is 0 Å². The predicted molar refractivity (Wildman–Crippen MR) is 85.4 cm³/mol. The summed E-state index contributed by atoms with van der Waals surface area (Å²) in [7, 11) is 2.80. The van der Waals surface area contributed by atoms with Gasteiger partial charge < -0.3 is 20.1 Å². The molecule has 1 rings (SSSR count). The molecule has 1 aromatic rings. The van der Waals surface area contributed by atoms with Crippen LogP contribution in [0.3, 0.4) is 0 Å². The van der Waals surface area contributed by atoms with Gasteiger partial charge in [-0.2, -0.15) is 0 Å². The molecule has 0 fully saturated rings. The molecule has 2 amide bonds. The van der Waals surface area contributed by atoms with Crippen molar-refractivity contribution in [2.75, 3.05) is 19.5 Å². The van der Waals surface area contributed by atoms with Gasteiger partial charge in [0.05, 0.1) is 19.2 Å². The second kappa shape index (κ2) is 8.48. The van der Waals surface area contributed by atoms with Gasteiger partial charge in [-0.3, -0.25) is 0 Å². The average molecular weight is 329 g/mol. The van der Waals surface area contributed by atoms with Crippen molar-refractivity contribution < 1.29 is 19.1 Å². The predicted octanol–water partition coefficient (Wildman–Crippen LogP) is 3.06. The first-order valence-corrected chi connectivity index (χ1v) is 7.29. The number of carbonyl (C=O) groups excluding carboxylic acids is 2. The van der Waals surface area contributed by atoms with Crippen LogP contribution in [0.4, 0.5) is 10.5 Å². The molecule has 2 unspecified atom stereocenters. The molecule has 2 atom stereocenters. The van der Waals surface area contributed by atoms with Crippen LogP contribution in [0, 0.1) is 5.92 Å². The number of esters is 1. The summed E-state index contributed by atoms with van der Waals surface area (Å²) in [5.41, 5.74) is 0.496. The Morgan fingerprint density at radius 3 is 2.50 bits per heavy atom. The van der Waals surface area contributed by atoms with E-state index in [1.165, 1.54) is 14.2 Å².